The summed E-state index contributed by atoms with van der Waals surface area (Å²) in [6, 6.07) is 12.0. The zero-order chi connectivity index (χ0) is 21.7. The summed E-state index contributed by atoms with van der Waals surface area (Å²) in [6.45, 7) is 5.02. The highest BCUT2D eigenvalue weighted by molar-refractivity contribution is 7.17. The summed E-state index contributed by atoms with van der Waals surface area (Å²) in [6.07, 6.45) is 3.20. The molecular weight excluding hydrogens is 428 g/mol. The zero-order valence-electron chi connectivity index (χ0n) is 17.7. The van der Waals surface area contributed by atoms with Gasteiger partial charge in [-0.2, -0.15) is 9.50 Å². The zero-order valence-corrected chi connectivity index (χ0v) is 18.5. The molecule has 2 fully saturated rings. The molecule has 1 spiro atoms. The molecule has 0 amide bonds. The summed E-state index contributed by atoms with van der Waals surface area (Å²) in [5.74, 6) is 0.717. The monoisotopic (exact) mass is 452 g/mol. The van der Waals surface area contributed by atoms with Crippen molar-refractivity contribution in [1.82, 2.24) is 19.5 Å². The molecule has 1 atom stereocenters. The van der Waals surface area contributed by atoms with Crippen molar-refractivity contribution in [2.45, 2.75) is 31.6 Å². The Kier molecular flexibility index (Phi) is 4.80. The fraction of sp³-hybridized carbons (Fsp3) is 0.391. The molecule has 0 saturated carbocycles. The minimum absolute atomic E-state index is 0.102. The minimum Gasteiger partial charge on any atom is -0.492 e. The number of aromatic hydroxyl groups is 1. The average Bonchev–Trinajstić information content (AvgIpc) is 3.59. The number of piperidine rings is 1. The van der Waals surface area contributed by atoms with Gasteiger partial charge in [0.15, 0.2) is 11.5 Å². The van der Waals surface area contributed by atoms with Crippen LogP contribution in [0, 0.1) is 6.92 Å². The van der Waals surface area contributed by atoms with Crippen LogP contribution in [0.1, 0.15) is 34.9 Å². The number of likely N-dealkylation sites (tertiary alicyclic amines) is 1. The molecule has 2 aliphatic rings. The molecule has 2 saturated heterocycles. The molecule has 0 radical (unpaired) electrons. The maximum Gasteiger partial charge on any atom is 0.230 e. The normalized spacial score (nSPS) is 19.8. The van der Waals surface area contributed by atoms with Gasteiger partial charge in [-0.15, -0.1) is 5.10 Å². The van der Waals surface area contributed by atoms with Crippen molar-refractivity contribution in [3.8, 4) is 17.5 Å². The number of thiazole rings is 1. The van der Waals surface area contributed by atoms with Crippen LogP contribution in [0.3, 0.4) is 0 Å². The van der Waals surface area contributed by atoms with Crippen molar-refractivity contribution in [2.24, 2.45) is 0 Å². The van der Waals surface area contributed by atoms with E-state index in [1.165, 1.54) is 21.4 Å². The number of nitrogens with zero attached hydrogens (tertiary/aromatic N) is 4. The molecule has 1 N–H and O–H groups in total. The van der Waals surface area contributed by atoms with Crippen LogP contribution < -0.4 is 0 Å². The molecule has 9 heteroatoms. The summed E-state index contributed by atoms with van der Waals surface area (Å²) in [5, 5.41) is 15.7. The predicted molar refractivity (Wildman–Crippen MR) is 119 cm³/mol. The van der Waals surface area contributed by atoms with Crippen molar-refractivity contribution in [2.75, 3.05) is 26.3 Å². The Labute approximate surface area is 189 Å². The number of ether oxygens (including phenoxy) is 2. The summed E-state index contributed by atoms with van der Waals surface area (Å²) in [7, 11) is 0. The van der Waals surface area contributed by atoms with Crippen LogP contribution >= 0.6 is 11.3 Å². The van der Waals surface area contributed by atoms with Crippen LogP contribution in [-0.2, 0) is 9.47 Å². The van der Waals surface area contributed by atoms with Gasteiger partial charge in [0.05, 0.1) is 30.4 Å². The van der Waals surface area contributed by atoms with Crippen LogP contribution in [0.2, 0.25) is 0 Å². The lowest BCUT2D eigenvalue weighted by atomic mass is 9.97. The highest BCUT2D eigenvalue weighted by Gasteiger charge is 2.42. The highest BCUT2D eigenvalue weighted by Crippen LogP contribution is 2.43. The van der Waals surface area contributed by atoms with E-state index in [1.807, 2.05) is 6.07 Å². The SMILES string of the molecule is Cc1ccc(C(c2sc3nc(-c4ccco4)nn3c2O)N2CCC3(CC2)OCCO3)cc1. The van der Waals surface area contributed by atoms with E-state index in [0.717, 1.165) is 36.4 Å². The molecule has 32 heavy (non-hydrogen) atoms. The molecule has 3 aromatic heterocycles. The van der Waals surface area contributed by atoms with Crippen molar-refractivity contribution in [1.29, 1.82) is 0 Å². The largest absolute Gasteiger partial charge is 0.492 e. The van der Waals surface area contributed by atoms with E-state index in [2.05, 4.69) is 46.2 Å². The topological polar surface area (TPSA) is 85.3 Å². The summed E-state index contributed by atoms with van der Waals surface area (Å²) in [4.78, 5) is 8.44. The first kappa shape index (κ1) is 19.9. The Morgan fingerprint density at radius 3 is 2.50 bits per heavy atom. The Balaban J connectivity index is 1.37. The van der Waals surface area contributed by atoms with Crippen molar-refractivity contribution in [3.05, 3.63) is 58.7 Å². The first-order chi connectivity index (χ1) is 15.6. The maximum atomic E-state index is 11.2. The van der Waals surface area contributed by atoms with Crippen LogP contribution in [0.4, 0.5) is 0 Å². The molecule has 8 nitrogen and oxygen atoms in total. The Morgan fingerprint density at radius 2 is 1.84 bits per heavy atom. The molecule has 6 rings (SSSR count). The van der Waals surface area contributed by atoms with Gasteiger partial charge >= 0.3 is 0 Å². The van der Waals surface area contributed by atoms with Crippen LogP contribution in [0.15, 0.2) is 47.1 Å². The van der Waals surface area contributed by atoms with Crippen molar-refractivity contribution < 1.29 is 19.0 Å². The van der Waals surface area contributed by atoms with Gasteiger partial charge in [0, 0.05) is 25.9 Å². The number of aromatic nitrogens is 3. The second-order valence-corrected chi connectivity index (χ2v) is 9.36. The third-order valence-electron chi connectivity index (χ3n) is 6.32. The highest BCUT2D eigenvalue weighted by atomic mass is 32.1. The lowest BCUT2D eigenvalue weighted by Gasteiger charge is -2.41. The molecule has 4 aromatic rings. The molecule has 5 heterocycles. The maximum absolute atomic E-state index is 11.2. The van der Waals surface area contributed by atoms with Gasteiger partial charge in [0.2, 0.25) is 16.7 Å². The molecule has 0 bridgehead atoms. The minimum atomic E-state index is -0.445. The second kappa shape index (κ2) is 7.70. The first-order valence-corrected chi connectivity index (χ1v) is 11.6. The molecular formula is C23H24N4O4S. The van der Waals surface area contributed by atoms with E-state index < -0.39 is 5.79 Å². The first-order valence-electron chi connectivity index (χ1n) is 10.8. The quantitative estimate of drug-likeness (QED) is 0.501. The third kappa shape index (κ3) is 3.32. The van der Waals surface area contributed by atoms with Gasteiger partial charge in [0.25, 0.3) is 0 Å². The van der Waals surface area contributed by atoms with E-state index in [4.69, 9.17) is 13.9 Å². The predicted octanol–water partition coefficient (Wildman–Crippen LogP) is 3.99. The number of hydrogen-bond donors (Lipinski definition) is 1. The number of rotatable bonds is 4. The fourth-order valence-corrected chi connectivity index (χ4v) is 5.74. The summed E-state index contributed by atoms with van der Waals surface area (Å²) in [5.41, 5.74) is 2.33. The molecule has 1 aromatic carbocycles. The number of hydrogen-bond acceptors (Lipinski definition) is 8. The summed E-state index contributed by atoms with van der Waals surface area (Å²) < 4.78 is 18.7. The standard InChI is InChI=1S/C23H24N4O4S/c1-15-4-6-16(7-5-15)18(26-10-8-23(9-11-26)30-13-14-31-23)19-21(28)27-22(32-19)24-20(25-27)17-3-2-12-29-17/h2-7,12,18,28H,8-11,13-14H2,1H3. The van der Waals surface area contributed by atoms with E-state index in [1.54, 1.807) is 12.3 Å². The van der Waals surface area contributed by atoms with Gasteiger partial charge in [0.1, 0.15) is 0 Å². The smallest absolute Gasteiger partial charge is 0.230 e. The third-order valence-corrected chi connectivity index (χ3v) is 7.39. The lowest BCUT2D eigenvalue weighted by molar-refractivity contribution is -0.187. The molecule has 166 valence electrons. The Hall–Kier alpha value is -2.72. The van der Waals surface area contributed by atoms with E-state index in [-0.39, 0.29) is 11.9 Å². The number of furan rings is 1. The van der Waals surface area contributed by atoms with Gasteiger partial charge in [-0.05, 0) is 24.6 Å². The van der Waals surface area contributed by atoms with Crippen molar-refractivity contribution >= 4 is 16.3 Å². The average molecular weight is 453 g/mol. The fourth-order valence-electron chi connectivity index (χ4n) is 4.62. The molecule has 1 unspecified atom stereocenters. The van der Waals surface area contributed by atoms with Gasteiger partial charge in [-0.25, -0.2) is 0 Å². The lowest BCUT2D eigenvalue weighted by Crippen LogP contribution is -2.46. The van der Waals surface area contributed by atoms with E-state index in [0.29, 0.717) is 29.8 Å². The number of aryl methyl sites for hydroxylation is 1. The van der Waals surface area contributed by atoms with Crippen LogP contribution in [0.25, 0.3) is 16.5 Å². The Morgan fingerprint density at radius 1 is 1.09 bits per heavy atom. The van der Waals surface area contributed by atoms with Crippen LogP contribution in [-0.4, -0.2) is 56.7 Å². The Bertz CT molecular complexity index is 1220. The van der Waals surface area contributed by atoms with Gasteiger partial charge in [-0.3, -0.25) is 4.90 Å². The second-order valence-electron chi connectivity index (χ2n) is 8.35. The number of fused-ring (bicyclic) bond motifs is 1. The van der Waals surface area contributed by atoms with E-state index in [9.17, 15) is 5.11 Å². The van der Waals surface area contributed by atoms with E-state index >= 15 is 0 Å². The summed E-state index contributed by atoms with van der Waals surface area (Å²) >= 11 is 1.46. The number of benzene rings is 1. The molecule has 2 aliphatic heterocycles. The van der Waals surface area contributed by atoms with Gasteiger partial charge in [-0.1, -0.05) is 41.2 Å². The van der Waals surface area contributed by atoms with Crippen LogP contribution in [0.5, 0.6) is 5.88 Å². The van der Waals surface area contributed by atoms with Gasteiger partial charge < -0.3 is 19.0 Å². The molecule has 0 aliphatic carbocycles. The van der Waals surface area contributed by atoms with Crippen molar-refractivity contribution in [3.63, 3.8) is 0 Å².